The molecule has 0 aromatic carbocycles. The summed E-state index contributed by atoms with van der Waals surface area (Å²) < 4.78 is 27.4. The summed E-state index contributed by atoms with van der Waals surface area (Å²) in [5, 5.41) is 21.5. The molecule has 1 amide bonds. The lowest BCUT2D eigenvalue weighted by atomic mass is 9.75. The number of hydrogen-bond donors (Lipinski definition) is 3. The van der Waals surface area contributed by atoms with E-state index in [0.717, 1.165) is 0 Å². The van der Waals surface area contributed by atoms with E-state index in [1.807, 2.05) is 5.32 Å². The van der Waals surface area contributed by atoms with Crippen LogP contribution in [0.25, 0.3) is 0 Å². The van der Waals surface area contributed by atoms with Crippen molar-refractivity contribution in [3.8, 4) is 0 Å². The standard InChI is InChI=1S/C12H21F2NO3/c1-8(2)10(3,17)7-15-9(16)12(13,14)11(18)5-4-6-11/h8,17-18H,4-7H2,1-3H3,(H,15,16). The molecule has 3 N–H and O–H groups in total. The Morgan fingerprint density at radius 1 is 1.44 bits per heavy atom. The second-order valence-corrected chi connectivity index (χ2v) is 5.65. The lowest BCUT2D eigenvalue weighted by molar-refractivity contribution is -0.216. The van der Waals surface area contributed by atoms with Gasteiger partial charge in [-0.15, -0.1) is 0 Å². The number of carbonyl (C=O) groups excluding carboxylic acids is 1. The van der Waals surface area contributed by atoms with Crippen LogP contribution in [0, 0.1) is 5.92 Å². The highest BCUT2D eigenvalue weighted by molar-refractivity contribution is 5.85. The smallest absolute Gasteiger partial charge is 0.352 e. The first-order chi connectivity index (χ1) is 8.03. The minimum Gasteiger partial charge on any atom is -0.388 e. The van der Waals surface area contributed by atoms with Crippen LogP contribution in [0.2, 0.25) is 0 Å². The largest absolute Gasteiger partial charge is 0.388 e. The first kappa shape index (κ1) is 15.3. The number of halogens is 2. The lowest BCUT2D eigenvalue weighted by Gasteiger charge is -2.41. The van der Waals surface area contributed by atoms with Gasteiger partial charge in [0.25, 0.3) is 5.91 Å². The molecule has 0 radical (unpaired) electrons. The summed E-state index contributed by atoms with van der Waals surface area (Å²) in [4.78, 5) is 11.4. The van der Waals surface area contributed by atoms with Gasteiger partial charge in [-0.05, 0) is 32.1 Å². The van der Waals surface area contributed by atoms with Gasteiger partial charge in [0, 0.05) is 6.54 Å². The third kappa shape index (κ3) is 2.64. The maximum absolute atomic E-state index is 13.7. The van der Waals surface area contributed by atoms with Gasteiger partial charge in [-0.2, -0.15) is 8.78 Å². The maximum Gasteiger partial charge on any atom is 0.352 e. The fourth-order valence-corrected chi connectivity index (χ4v) is 1.61. The molecule has 4 nitrogen and oxygen atoms in total. The van der Waals surface area contributed by atoms with Crippen LogP contribution in [0.3, 0.4) is 0 Å². The Hall–Kier alpha value is -0.750. The van der Waals surface area contributed by atoms with E-state index in [1.54, 1.807) is 13.8 Å². The number of rotatable bonds is 5. The second kappa shape index (κ2) is 4.74. The summed E-state index contributed by atoms with van der Waals surface area (Å²) in [6, 6.07) is 0. The van der Waals surface area contributed by atoms with E-state index in [2.05, 4.69) is 0 Å². The molecule has 0 saturated heterocycles. The van der Waals surface area contributed by atoms with Crippen LogP contribution in [0.4, 0.5) is 8.78 Å². The molecule has 0 heterocycles. The molecule has 1 atom stereocenters. The molecule has 0 bridgehead atoms. The van der Waals surface area contributed by atoms with Gasteiger partial charge in [-0.25, -0.2) is 0 Å². The first-order valence-electron chi connectivity index (χ1n) is 6.14. The fraction of sp³-hybridized carbons (Fsp3) is 0.917. The third-order valence-electron chi connectivity index (χ3n) is 3.90. The molecule has 1 saturated carbocycles. The highest BCUT2D eigenvalue weighted by atomic mass is 19.3. The Morgan fingerprint density at radius 2 is 1.94 bits per heavy atom. The minimum atomic E-state index is -3.81. The predicted molar refractivity (Wildman–Crippen MR) is 62.2 cm³/mol. The number of nitrogens with one attached hydrogen (secondary N) is 1. The predicted octanol–water partition coefficient (Wildman–Crippen LogP) is 1.06. The molecule has 0 aliphatic heterocycles. The molecule has 0 aromatic heterocycles. The third-order valence-corrected chi connectivity index (χ3v) is 3.90. The van der Waals surface area contributed by atoms with E-state index in [4.69, 9.17) is 0 Å². The summed E-state index contributed by atoms with van der Waals surface area (Å²) in [7, 11) is 0. The second-order valence-electron chi connectivity index (χ2n) is 5.65. The van der Waals surface area contributed by atoms with Crippen molar-refractivity contribution < 1.29 is 23.8 Å². The molecule has 1 fully saturated rings. The number of alkyl halides is 2. The van der Waals surface area contributed by atoms with Gasteiger partial charge in [0.05, 0.1) is 5.60 Å². The van der Waals surface area contributed by atoms with Gasteiger partial charge in [-0.3, -0.25) is 4.79 Å². The Labute approximate surface area is 105 Å². The molecular weight excluding hydrogens is 244 g/mol. The van der Waals surface area contributed by atoms with E-state index >= 15 is 0 Å². The van der Waals surface area contributed by atoms with Gasteiger partial charge < -0.3 is 15.5 Å². The van der Waals surface area contributed by atoms with Crippen LogP contribution in [0.15, 0.2) is 0 Å². The van der Waals surface area contributed by atoms with Gasteiger partial charge in [0.2, 0.25) is 0 Å². The highest BCUT2D eigenvalue weighted by Gasteiger charge is 2.61. The molecule has 0 aromatic rings. The van der Waals surface area contributed by atoms with E-state index < -0.39 is 23.0 Å². The zero-order valence-corrected chi connectivity index (χ0v) is 11.0. The number of carbonyl (C=O) groups is 1. The molecule has 18 heavy (non-hydrogen) atoms. The van der Waals surface area contributed by atoms with Crippen molar-refractivity contribution in [2.24, 2.45) is 5.92 Å². The van der Waals surface area contributed by atoms with Crippen molar-refractivity contribution in [2.75, 3.05) is 6.54 Å². The average Bonchev–Trinajstić information content (AvgIpc) is 2.21. The SMILES string of the molecule is CC(C)C(C)(O)CNC(=O)C(F)(F)C1(O)CCC1. The molecule has 6 heteroatoms. The highest BCUT2D eigenvalue weighted by Crippen LogP contribution is 2.44. The monoisotopic (exact) mass is 265 g/mol. The van der Waals surface area contributed by atoms with E-state index in [-0.39, 0.29) is 25.3 Å². The van der Waals surface area contributed by atoms with Gasteiger partial charge in [0.15, 0.2) is 0 Å². The van der Waals surface area contributed by atoms with Crippen LogP contribution >= 0.6 is 0 Å². The van der Waals surface area contributed by atoms with Crippen LogP contribution in [-0.4, -0.2) is 39.8 Å². The quantitative estimate of drug-likeness (QED) is 0.696. The van der Waals surface area contributed by atoms with Gasteiger partial charge in [-0.1, -0.05) is 13.8 Å². The van der Waals surface area contributed by atoms with Crippen LogP contribution in [0.5, 0.6) is 0 Å². The van der Waals surface area contributed by atoms with Crippen molar-refractivity contribution >= 4 is 5.91 Å². The number of hydrogen-bond acceptors (Lipinski definition) is 3. The number of amides is 1. The molecule has 1 unspecified atom stereocenters. The zero-order chi connectivity index (χ0) is 14.2. The summed E-state index contributed by atoms with van der Waals surface area (Å²) >= 11 is 0. The Balaban J connectivity index is 2.61. The lowest BCUT2D eigenvalue weighted by Crippen LogP contribution is -2.62. The van der Waals surface area contributed by atoms with Crippen LogP contribution in [-0.2, 0) is 4.79 Å². The molecule has 1 aliphatic rings. The molecule has 1 rings (SSSR count). The molecule has 0 spiro atoms. The topological polar surface area (TPSA) is 69.6 Å². The van der Waals surface area contributed by atoms with E-state index in [9.17, 15) is 23.8 Å². The Bertz CT molecular complexity index is 325. The number of aliphatic hydroxyl groups is 2. The molecular formula is C12H21F2NO3. The van der Waals surface area contributed by atoms with Crippen molar-refractivity contribution in [1.82, 2.24) is 5.32 Å². The van der Waals surface area contributed by atoms with Crippen molar-refractivity contribution in [2.45, 2.75) is 57.2 Å². The van der Waals surface area contributed by atoms with E-state index in [1.165, 1.54) is 6.92 Å². The minimum absolute atomic E-state index is 0.0754. The molecule has 106 valence electrons. The average molecular weight is 265 g/mol. The maximum atomic E-state index is 13.7. The van der Waals surface area contributed by atoms with Crippen molar-refractivity contribution in [1.29, 1.82) is 0 Å². The van der Waals surface area contributed by atoms with Gasteiger partial charge >= 0.3 is 5.92 Å². The Kier molecular flexibility index (Phi) is 4.03. The normalized spacial score (nSPS) is 22.2. The summed E-state index contributed by atoms with van der Waals surface area (Å²) in [5.74, 6) is -5.51. The summed E-state index contributed by atoms with van der Waals surface area (Å²) in [5.41, 5.74) is -3.48. The van der Waals surface area contributed by atoms with E-state index in [0.29, 0.717) is 6.42 Å². The van der Waals surface area contributed by atoms with Gasteiger partial charge in [0.1, 0.15) is 5.60 Å². The summed E-state index contributed by atoms with van der Waals surface area (Å²) in [6.45, 7) is 4.65. The zero-order valence-electron chi connectivity index (χ0n) is 11.0. The van der Waals surface area contributed by atoms with Crippen molar-refractivity contribution in [3.63, 3.8) is 0 Å². The first-order valence-corrected chi connectivity index (χ1v) is 6.14. The van der Waals surface area contributed by atoms with Crippen LogP contribution in [0.1, 0.15) is 40.0 Å². The van der Waals surface area contributed by atoms with Crippen molar-refractivity contribution in [3.05, 3.63) is 0 Å². The fourth-order valence-electron chi connectivity index (χ4n) is 1.61. The van der Waals surface area contributed by atoms with Crippen LogP contribution < -0.4 is 5.32 Å². The summed E-state index contributed by atoms with van der Waals surface area (Å²) in [6.07, 6.45) is 0.338. The Morgan fingerprint density at radius 3 is 2.28 bits per heavy atom. The molecule has 1 aliphatic carbocycles.